The van der Waals surface area contributed by atoms with Crippen LogP contribution in [-0.2, 0) is 0 Å². The number of anilines is 1. The smallest absolute Gasteiger partial charge is 0.220 e. The third-order valence-electron chi connectivity index (χ3n) is 3.76. The summed E-state index contributed by atoms with van der Waals surface area (Å²) < 4.78 is 10.6. The molecule has 0 atom stereocenters. The fourth-order valence-corrected chi connectivity index (χ4v) is 3.24. The quantitative estimate of drug-likeness (QED) is 0.639. The molecule has 0 fully saturated rings. The standard InChI is InChI=1S/C17H16Cl2N5O3/c1-26-10-6-11(27-2)14(19)12(13(10)18)9-5-8-7-22-17(20)24-15(8)16(23-9)21-3-4-25/h5-7,25H,3-4H2,1-2H3,(H2-,20,21,22,23,24)/q-1. The zero-order valence-corrected chi connectivity index (χ0v) is 16.0. The van der Waals surface area contributed by atoms with Gasteiger partial charge >= 0.3 is 0 Å². The summed E-state index contributed by atoms with van der Waals surface area (Å²) in [7, 11) is 2.98. The Morgan fingerprint density at radius 3 is 2.37 bits per heavy atom. The molecule has 1 aromatic carbocycles. The lowest BCUT2D eigenvalue weighted by Crippen LogP contribution is -1.99. The fraction of sp³-hybridized carbons (Fsp3) is 0.235. The number of fused-ring (bicyclic) bond motifs is 1. The minimum Gasteiger partial charge on any atom is -0.495 e. The summed E-state index contributed by atoms with van der Waals surface area (Å²) in [6, 6.07) is 3.31. The average molecular weight is 409 g/mol. The first-order chi connectivity index (χ1) is 13.0. The monoisotopic (exact) mass is 408 g/mol. The molecule has 0 amide bonds. The van der Waals surface area contributed by atoms with E-state index in [9.17, 15) is 0 Å². The van der Waals surface area contributed by atoms with Gasteiger partial charge in [-0.3, -0.25) is 0 Å². The number of hydrogen-bond acceptors (Lipinski definition) is 7. The number of halogens is 2. The first kappa shape index (κ1) is 19.2. The lowest BCUT2D eigenvalue weighted by atomic mass is 10.1. The maximum absolute atomic E-state index is 9.11. The maximum Gasteiger partial charge on any atom is 0.220 e. The van der Waals surface area contributed by atoms with E-state index in [2.05, 4.69) is 20.3 Å². The van der Waals surface area contributed by atoms with E-state index >= 15 is 0 Å². The van der Waals surface area contributed by atoms with Gasteiger partial charge in [0.05, 0.1) is 29.8 Å². The first-order valence-electron chi connectivity index (χ1n) is 7.82. The fourth-order valence-electron chi connectivity index (χ4n) is 2.54. The molecule has 0 aliphatic rings. The highest BCUT2D eigenvalue weighted by Gasteiger charge is 2.18. The van der Waals surface area contributed by atoms with Gasteiger partial charge in [-0.05, 0) is 24.1 Å². The number of rotatable bonds is 6. The molecule has 0 bridgehead atoms. The van der Waals surface area contributed by atoms with Gasteiger partial charge in [-0.15, -0.1) is 0 Å². The Morgan fingerprint density at radius 2 is 1.78 bits per heavy atom. The number of nitrogens with zero attached hydrogens (tertiary/aromatic N) is 4. The van der Waals surface area contributed by atoms with Gasteiger partial charge in [-0.25, -0.2) is 9.97 Å². The normalized spacial score (nSPS) is 10.9. The van der Waals surface area contributed by atoms with E-state index in [1.807, 2.05) is 0 Å². The van der Waals surface area contributed by atoms with Crippen molar-refractivity contribution < 1.29 is 14.6 Å². The summed E-state index contributed by atoms with van der Waals surface area (Å²) in [4.78, 5) is 12.7. The lowest BCUT2D eigenvalue weighted by molar-refractivity contribution is 0.313. The van der Waals surface area contributed by atoms with Crippen LogP contribution in [-0.4, -0.2) is 47.4 Å². The summed E-state index contributed by atoms with van der Waals surface area (Å²) in [6.07, 6.45) is 1.56. The zero-order chi connectivity index (χ0) is 19.6. The molecule has 0 spiro atoms. The van der Waals surface area contributed by atoms with Gasteiger partial charge in [0.2, 0.25) is 5.95 Å². The Labute approximate surface area is 165 Å². The number of nitrogens with two attached hydrogens (primary N) is 1. The SMILES string of the molecule is COc1cc(OC)c(Cl)c(-c2cc3cnc(N)nc3c([N-]CCO)n2)c1Cl. The van der Waals surface area contributed by atoms with Gasteiger partial charge < -0.3 is 30.6 Å². The van der Waals surface area contributed by atoms with Crippen molar-refractivity contribution in [2.75, 3.05) is 33.1 Å². The van der Waals surface area contributed by atoms with E-state index in [0.717, 1.165) is 0 Å². The molecule has 0 radical (unpaired) electrons. The number of aliphatic hydroxyl groups excluding tert-OH is 1. The van der Waals surface area contributed by atoms with Gasteiger partial charge in [0.15, 0.2) is 0 Å². The van der Waals surface area contributed by atoms with E-state index < -0.39 is 0 Å². The molecule has 3 N–H and O–H groups in total. The summed E-state index contributed by atoms with van der Waals surface area (Å²) >= 11 is 13.0. The van der Waals surface area contributed by atoms with Crippen molar-refractivity contribution in [1.29, 1.82) is 0 Å². The Morgan fingerprint density at radius 1 is 1.11 bits per heavy atom. The van der Waals surface area contributed by atoms with Crippen molar-refractivity contribution >= 4 is 45.9 Å². The number of aliphatic hydroxyl groups is 1. The number of nitrogen functional groups attached to an aromatic ring is 1. The predicted molar refractivity (Wildman–Crippen MR) is 105 cm³/mol. The highest BCUT2D eigenvalue weighted by molar-refractivity contribution is 6.41. The lowest BCUT2D eigenvalue weighted by Gasteiger charge is -2.21. The third kappa shape index (κ3) is 3.64. The number of hydrogen-bond donors (Lipinski definition) is 2. The molecule has 0 saturated heterocycles. The van der Waals surface area contributed by atoms with Crippen molar-refractivity contribution in [3.8, 4) is 22.8 Å². The summed E-state index contributed by atoms with van der Waals surface area (Å²) in [5.41, 5.74) is 6.99. The van der Waals surface area contributed by atoms with Crippen molar-refractivity contribution in [2.24, 2.45) is 0 Å². The van der Waals surface area contributed by atoms with Gasteiger partial charge in [-0.2, -0.15) is 0 Å². The Bertz CT molecular complexity index is 972. The molecule has 0 aliphatic heterocycles. The highest BCUT2D eigenvalue weighted by Crippen LogP contribution is 2.46. The van der Waals surface area contributed by atoms with E-state index in [4.69, 9.17) is 43.5 Å². The minimum absolute atomic E-state index is 0.0941. The van der Waals surface area contributed by atoms with Crippen molar-refractivity contribution in [3.63, 3.8) is 0 Å². The third-order valence-corrected chi connectivity index (χ3v) is 4.51. The molecule has 0 unspecified atom stereocenters. The first-order valence-corrected chi connectivity index (χ1v) is 8.57. The molecular formula is C17H16Cl2N5O3-. The van der Waals surface area contributed by atoms with Crippen LogP contribution < -0.4 is 15.2 Å². The molecule has 142 valence electrons. The largest absolute Gasteiger partial charge is 0.495 e. The van der Waals surface area contributed by atoms with E-state index in [1.54, 1.807) is 18.3 Å². The Balaban J connectivity index is 2.30. The van der Waals surface area contributed by atoms with Crippen LogP contribution in [0.5, 0.6) is 11.5 Å². The number of ether oxygens (including phenoxy) is 2. The van der Waals surface area contributed by atoms with Gasteiger partial charge in [0, 0.05) is 29.8 Å². The Kier molecular flexibility index (Phi) is 5.69. The van der Waals surface area contributed by atoms with E-state index in [0.29, 0.717) is 39.5 Å². The van der Waals surface area contributed by atoms with Crippen LogP contribution in [0.3, 0.4) is 0 Å². The second-order valence-corrected chi connectivity index (χ2v) is 6.14. The second-order valence-electron chi connectivity index (χ2n) is 5.39. The molecule has 0 saturated carbocycles. The van der Waals surface area contributed by atoms with E-state index in [1.165, 1.54) is 14.2 Å². The van der Waals surface area contributed by atoms with Crippen LogP contribution >= 0.6 is 23.2 Å². The van der Waals surface area contributed by atoms with Crippen molar-refractivity contribution in [2.45, 2.75) is 0 Å². The number of benzene rings is 1. The van der Waals surface area contributed by atoms with E-state index in [-0.39, 0.29) is 29.1 Å². The van der Waals surface area contributed by atoms with Crippen LogP contribution in [0.1, 0.15) is 0 Å². The molecule has 3 rings (SSSR count). The number of methoxy groups -OCH3 is 2. The molecular weight excluding hydrogens is 393 g/mol. The topological polar surface area (TPSA) is 117 Å². The minimum atomic E-state index is -0.136. The molecule has 27 heavy (non-hydrogen) atoms. The van der Waals surface area contributed by atoms with Crippen LogP contribution in [0.2, 0.25) is 10.0 Å². The predicted octanol–water partition coefficient (Wildman–Crippen LogP) is 3.60. The molecule has 2 aromatic heterocycles. The summed E-state index contributed by atoms with van der Waals surface area (Å²) in [5, 5.41) is 14.6. The van der Waals surface area contributed by atoms with Crippen molar-refractivity contribution in [1.82, 2.24) is 15.0 Å². The molecule has 0 aliphatic carbocycles. The molecule has 2 heterocycles. The average Bonchev–Trinajstić information content (AvgIpc) is 2.66. The van der Waals surface area contributed by atoms with Crippen LogP contribution in [0.4, 0.5) is 11.8 Å². The second kappa shape index (κ2) is 7.99. The highest BCUT2D eigenvalue weighted by atomic mass is 35.5. The van der Waals surface area contributed by atoms with Crippen LogP contribution in [0.15, 0.2) is 18.3 Å². The van der Waals surface area contributed by atoms with Gasteiger partial charge in [-0.1, -0.05) is 23.2 Å². The molecule has 3 aromatic rings. The molecule has 8 nitrogen and oxygen atoms in total. The van der Waals surface area contributed by atoms with Gasteiger partial charge in [0.25, 0.3) is 0 Å². The van der Waals surface area contributed by atoms with Crippen LogP contribution in [0.25, 0.3) is 27.5 Å². The number of pyridine rings is 1. The maximum atomic E-state index is 9.11. The Hall–Kier alpha value is -2.55. The van der Waals surface area contributed by atoms with Crippen LogP contribution in [0, 0.1) is 0 Å². The molecule has 10 heteroatoms. The summed E-state index contributed by atoms with van der Waals surface area (Å²) in [6.45, 7) is 0.0147. The number of aromatic nitrogens is 3. The van der Waals surface area contributed by atoms with Gasteiger partial charge in [0.1, 0.15) is 11.5 Å². The summed E-state index contributed by atoms with van der Waals surface area (Å²) in [5.74, 6) is 1.16. The van der Waals surface area contributed by atoms with Crippen molar-refractivity contribution in [3.05, 3.63) is 33.7 Å². The zero-order valence-electron chi connectivity index (χ0n) is 14.5.